The fraction of sp³-hybridized carbons (Fsp3) is 0.211. The molecule has 0 atom stereocenters. The molecule has 0 radical (unpaired) electrons. The molecule has 0 unspecified atom stereocenters. The second-order valence-corrected chi connectivity index (χ2v) is 6.87. The monoisotopic (exact) mass is 338 g/mol. The molecule has 0 spiro atoms. The lowest BCUT2D eigenvalue weighted by atomic mass is 10.0. The van der Waals surface area contributed by atoms with Gasteiger partial charge in [0.25, 0.3) is 0 Å². The van der Waals surface area contributed by atoms with Crippen LogP contribution < -0.4 is 14.8 Å². The first kappa shape index (κ1) is 15.0. The van der Waals surface area contributed by atoms with E-state index in [1.165, 1.54) is 5.56 Å². The van der Waals surface area contributed by atoms with Crippen LogP contribution in [0.2, 0.25) is 0 Å². The summed E-state index contributed by atoms with van der Waals surface area (Å²) in [6.45, 7) is 4.68. The average Bonchev–Trinajstić information content (AvgIpc) is 3.24. The number of aromatic nitrogens is 1. The quantitative estimate of drug-likeness (QED) is 0.691. The lowest BCUT2D eigenvalue weighted by molar-refractivity contribution is 0.174. The molecule has 4 nitrogen and oxygen atoms in total. The van der Waals surface area contributed by atoms with Crippen LogP contribution >= 0.6 is 11.3 Å². The lowest BCUT2D eigenvalue weighted by Gasteiger charge is -2.05. The Labute approximate surface area is 145 Å². The summed E-state index contributed by atoms with van der Waals surface area (Å²) in [5.74, 6) is 2.09. The molecule has 24 heavy (non-hydrogen) atoms. The van der Waals surface area contributed by atoms with Crippen molar-refractivity contribution in [3.8, 4) is 22.8 Å². The maximum Gasteiger partial charge on any atom is 0.231 e. The summed E-state index contributed by atoms with van der Waals surface area (Å²) in [5, 5.41) is 6.25. The Balaban J connectivity index is 1.52. The zero-order valence-electron chi connectivity index (χ0n) is 13.6. The minimum Gasteiger partial charge on any atom is -0.454 e. The van der Waals surface area contributed by atoms with Gasteiger partial charge in [-0.25, -0.2) is 4.98 Å². The first-order valence-corrected chi connectivity index (χ1v) is 8.79. The summed E-state index contributed by atoms with van der Waals surface area (Å²) in [5.41, 5.74) is 4.40. The number of nitrogens with zero attached hydrogens (tertiary/aromatic N) is 1. The molecule has 1 aliphatic rings. The molecule has 5 heteroatoms. The zero-order chi connectivity index (χ0) is 16.5. The molecule has 0 saturated carbocycles. The number of hydrogen-bond donors (Lipinski definition) is 1. The van der Waals surface area contributed by atoms with Crippen molar-refractivity contribution in [1.82, 2.24) is 4.98 Å². The predicted molar refractivity (Wildman–Crippen MR) is 97.5 cm³/mol. The lowest BCUT2D eigenvalue weighted by Crippen LogP contribution is -1.93. The van der Waals surface area contributed by atoms with Crippen molar-refractivity contribution >= 4 is 22.2 Å². The number of ether oxygens (including phenoxy) is 2. The van der Waals surface area contributed by atoms with Crippen LogP contribution in [0.3, 0.4) is 0 Å². The molecule has 0 aliphatic carbocycles. The molecule has 1 aliphatic heterocycles. The number of rotatable bonds is 4. The number of benzene rings is 2. The fourth-order valence-corrected chi connectivity index (χ4v) is 3.34. The van der Waals surface area contributed by atoms with Crippen LogP contribution in [0.1, 0.15) is 25.3 Å². The zero-order valence-corrected chi connectivity index (χ0v) is 14.4. The number of nitrogens with one attached hydrogen (secondary N) is 1. The standard InChI is InChI=1S/C19H18N2O2S/c1-12(2)13-3-5-14(6-4-13)16-10-24-19(21-16)20-15-7-8-17-18(9-15)23-11-22-17/h3-10,12H,11H2,1-2H3,(H,20,21). The Kier molecular flexibility index (Phi) is 3.86. The van der Waals surface area contributed by atoms with Gasteiger partial charge in [-0.05, 0) is 23.6 Å². The largest absolute Gasteiger partial charge is 0.454 e. The van der Waals surface area contributed by atoms with Gasteiger partial charge in [0.2, 0.25) is 6.79 Å². The normalized spacial score (nSPS) is 12.6. The van der Waals surface area contributed by atoms with Crippen LogP contribution in [-0.2, 0) is 0 Å². The number of hydrogen-bond acceptors (Lipinski definition) is 5. The van der Waals surface area contributed by atoms with E-state index >= 15 is 0 Å². The highest BCUT2D eigenvalue weighted by Gasteiger charge is 2.14. The highest BCUT2D eigenvalue weighted by atomic mass is 32.1. The smallest absolute Gasteiger partial charge is 0.231 e. The van der Waals surface area contributed by atoms with Crippen molar-refractivity contribution in [3.63, 3.8) is 0 Å². The van der Waals surface area contributed by atoms with Gasteiger partial charge < -0.3 is 14.8 Å². The van der Waals surface area contributed by atoms with Crippen LogP contribution in [0.25, 0.3) is 11.3 Å². The van der Waals surface area contributed by atoms with Gasteiger partial charge in [0.05, 0.1) is 5.69 Å². The van der Waals surface area contributed by atoms with Gasteiger partial charge in [0.1, 0.15) is 0 Å². The van der Waals surface area contributed by atoms with Crippen LogP contribution in [0.4, 0.5) is 10.8 Å². The van der Waals surface area contributed by atoms with E-state index in [4.69, 9.17) is 9.47 Å². The second-order valence-electron chi connectivity index (χ2n) is 6.01. The Morgan fingerprint density at radius 2 is 1.83 bits per heavy atom. The van der Waals surface area contributed by atoms with Gasteiger partial charge >= 0.3 is 0 Å². The maximum atomic E-state index is 5.40. The second kappa shape index (κ2) is 6.17. The average molecular weight is 338 g/mol. The Morgan fingerprint density at radius 1 is 1.04 bits per heavy atom. The third-order valence-electron chi connectivity index (χ3n) is 4.00. The SMILES string of the molecule is CC(C)c1ccc(-c2csc(Nc3ccc4c(c3)OCO4)n2)cc1. The van der Waals surface area contributed by atoms with Crippen LogP contribution in [0, 0.1) is 0 Å². The van der Waals surface area contributed by atoms with Crippen LogP contribution in [0.5, 0.6) is 11.5 Å². The summed E-state index contributed by atoms with van der Waals surface area (Å²) in [7, 11) is 0. The van der Waals surface area contributed by atoms with E-state index in [-0.39, 0.29) is 6.79 Å². The third-order valence-corrected chi connectivity index (χ3v) is 4.76. The van der Waals surface area contributed by atoms with Gasteiger partial charge in [-0.1, -0.05) is 38.1 Å². The highest BCUT2D eigenvalue weighted by molar-refractivity contribution is 7.14. The topological polar surface area (TPSA) is 43.4 Å². The highest BCUT2D eigenvalue weighted by Crippen LogP contribution is 2.36. The van der Waals surface area contributed by atoms with Gasteiger partial charge in [0, 0.05) is 22.7 Å². The van der Waals surface area contributed by atoms with Gasteiger partial charge in [0.15, 0.2) is 16.6 Å². The molecule has 1 N–H and O–H groups in total. The van der Waals surface area contributed by atoms with Crippen molar-refractivity contribution in [2.75, 3.05) is 12.1 Å². The fourth-order valence-electron chi connectivity index (χ4n) is 2.60. The summed E-state index contributed by atoms with van der Waals surface area (Å²) in [4.78, 5) is 4.68. The Hall–Kier alpha value is -2.53. The molecular formula is C19H18N2O2S. The molecule has 0 saturated heterocycles. The van der Waals surface area contributed by atoms with Crippen LogP contribution in [-0.4, -0.2) is 11.8 Å². The molecule has 0 fully saturated rings. The molecule has 0 bridgehead atoms. The van der Waals surface area contributed by atoms with E-state index in [2.05, 4.69) is 53.8 Å². The first-order chi connectivity index (χ1) is 11.7. The van der Waals surface area contributed by atoms with Crippen molar-refractivity contribution in [1.29, 1.82) is 0 Å². The van der Waals surface area contributed by atoms with E-state index < -0.39 is 0 Å². The van der Waals surface area contributed by atoms with E-state index in [1.807, 2.05) is 18.2 Å². The minimum absolute atomic E-state index is 0.284. The molecule has 2 aromatic carbocycles. The third kappa shape index (κ3) is 2.95. The minimum atomic E-state index is 0.284. The van der Waals surface area contributed by atoms with E-state index in [1.54, 1.807) is 11.3 Å². The summed E-state index contributed by atoms with van der Waals surface area (Å²) < 4.78 is 10.7. The van der Waals surface area contributed by atoms with Crippen molar-refractivity contribution in [3.05, 3.63) is 53.4 Å². The van der Waals surface area contributed by atoms with Crippen LogP contribution in [0.15, 0.2) is 47.8 Å². The predicted octanol–water partition coefficient (Wildman–Crippen LogP) is 5.41. The van der Waals surface area contributed by atoms with E-state index in [0.717, 1.165) is 33.6 Å². The van der Waals surface area contributed by atoms with Gasteiger partial charge in [-0.3, -0.25) is 0 Å². The molecule has 1 aromatic heterocycles. The van der Waals surface area contributed by atoms with Crippen molar-refractivity contribution in [2.24, 2.45) is 0 Å². The van der Waals surface area contributed by atoms with E-state index in [9.17, 15) is 0 Å². The molecule has 3 aromatic rings. The molecule has 0 amide bonds. The number of anilines is 2. The summed E-state index contributed by atoms with van der Waals surface area (Å²) in [6.07, 6.45) is 0. The Bertz CT molecular complexity index is 856. The first-order valence-electron chi connectivity index (χ1n) is 7.91. The maximum absolute atomic E-state index is 5.40. The molecule has 2 heterocycles. The van der Waals surface area contributed by atoms with Gasteiger partial charge in [-0.15, -0.1) is 11.3 Å². The Morgan fingerprint density at radius 3 is 2.62 bits per heavy atom. The van der Waals surface area contributed by atoms with Gasteiger partial charge in [-0.2, -0.15) is 0 Å². The summed E-state index contributed by atoms with van der Waals surface area (Å²) in [6, 6.07) is 14.4. The molecular weight excluding hydrogens is 320 g/mol. The van der Waals surface area contributed by atoms with Crippen molar-refractivity contribution < 1.29 is 9.47 Å². The molecule has 4 rings (SSSR count). The summed E-state index contributed by atoms with van der Waals surface area (Å²) >= 11 is 1.59. The van der Waals surface area contributed by atoms with Crippen molar-refractivity contribution in [2.45, 2.75) is 19.8 Å². The van der Waals surface area contributed by atoms with E-state index in [0.29, 0.717) is 5.92 Å². The molecule has 122 valence electrons. The number of thiazole rings is 1. The number of fused-ring (bicyclic) bond motifs is 1.